The van der Waals surface area contributed by atoms with E-state index in [4.69, 9.17) is 11.6 Å². The Balaban J connectivity index is 1.81. The van der Waals surface area contributed by atoms with Gasteiger partial charge in [0.25, 0.3) is 0 Å². The number of rotatable bonds is 0. The van der Waals surface area contributed by atoms with E-state index in [0.29, 0.717) is 6.04 Å². The zero-order chi connectivity index (χ0) is 13.0. The van der Waals surface area contributed by atoms with E-state index in [-0.39, 0.29) is 18.0 Å². The zero-order valence-electron chi connectivity index (χ0n) is 10.7. The molecule has 3 aliphatic heterocycles. The van der Waals surface area contributed by atoms with Crippen LogP contribution in [0.1, 0.15) is 36.4 Å². The van der Waals surface area contributed by atoms with Crippen LogP contribution in [0.4, 0.5) is 0 Å². The van der Waals surface area contributed by atoms with Gasteiger partial charge in [-0.3, -0.25) is 4.79 Å². The number of halogens is 1. The number of nitrogens with one attached hydrogen (secondary N) is 1. The van der Waals surface area contributed by atoms with Gasteiger partial charge in [0.1, 0.15) is 0 Å². The molecular weight excluding hydrogens is 260 g/mol. The lowest BCUT2D eigenvalue weighted by atomic mass is 9.80. The first-order chi connectivity index (χ1) is 9.24. The van der Waals surface area contributed by atoms with Gasteiger partial charge in [0.15, 0.2) is 0 Å². The molecule has 1 amide bonds. The minimum atomic E-state index is 0.0516. The molecule has 4 heteroatoms. The molecule has 3 heterocycles. The maximum Gasteiger partial charge on any atom is 0.240 e. The van der Waals surface area contributed by atoms with Crippen molar-refractivity contribution in [3.8, 4) is 0 Å². The van der Waals surface area contributed by atoms with Crippen LogP contribution in [-0.2, 0) is 11.2 Å². The van der Waals surface area contributed by atoms with Crippen molar-refractivity contribution < 1.29 is 4.79 Å². The summed E-state index contributed by atoms with van der Waals surface area (Å²) in [5.74, 6) is 0.284. The first-order valence-corrected chi connectivity index (χ1v) is 7.47. The predicted octanol–water partition coefficient (Wildman–Crippen LogP) is 2.29. The van der Waals surface area contributed by atoms with E-state index in [1.165, 1.54) is 11.1 Å². The Hall–Kier alpha value is -1.06. The Bertz CT molecular complexity index is 545. The van der Waals surface area contributed by atoms with Crippen LogP contribution in [-0.4, -0.2) is 29.4 Å². The number of piperidine rings is 1. The number of piperazine rings is 1. The van der Waals surface area contributed by atoms with Crippen LogP contribution in [0.25, 0.3) is 0 Å². The number of hydrogen-bond donors (Lipinski definition) is 1. The van der Waals surface area contributed by atoms with Crippen LogP contribution >= 0.6 is 11.6 Å². The number of carbonyl (C=O) groups is 1. The van der Waals surface area contributed by atoms with Crippen LogP contribution in [0, 0.1) is 0 Å². The molecule has 2 saturated heterocycles. The molecule has 1 unspecified atom stereocenters. The highest BCUT2D eigenvalue weighted by Gasteiger charge is 2.45. The maximum absolute atomic E-state index is 12.5. The van der Waals surface area contributed by atoms with Crippen molar-refractivity contribution in [3.63, 3.8) is 0 Å². The highest BCUT2D eigenvalue weighted by atomic mass is 35.5. The highest BCUT2D eigenvalue weighted by molar-refractivity contribution is 6.30. The van der Waals surface area contributed by atoms with E-state index in [2.05, 4.69) is 22.3 Å². The monoisotopic (exact) mass is 276 g/mol. The van der Waals surface area contributed by atoms with Crippen LogP contribution < -0.4 is 5.32 Å². The molecule has 2 bridgehead atoms. The van der Waals surface area contributed by atoms with E-state index in [0.717, 1.165) is 37.3 Å². The molecule has 0 aliphatic carbocycles. The Kier molecular flexibility index (Phi) is 2.61. The third-order valence-corrected chi connectivity index (χ3v) is 5.00. The Morgan fingerprint density at radius 3 is 3.11 bits per heavy atom. The van der Waals surface area contributed by atoms with Crippen LogP contribution in [0.5, 0.6) is 0 Å². The summed E-state index contributed by atoms with van der Waals surface area (Å²) in [6, 6.07) is 6.76. The minimum Gasteiger partial charge on any atom is -0.332 e. The number of fused-ring (bicyclic) bond motifs is 6. The summed E-state index contributed by atoms with van der Waals surface area (Å²) >= 11 is 6.15. The molecule has 1 aromatic carbocycles. The average molecular weight is 277 g/mol. The second kappa shape index (κ2) is 4.22. The molecular formula is C15H17ClN2O. The summed E-state index contributed by atoms with van der Waals surface area (Å²) in [6.07, 6.45) is 4.24. The van der Waals surface area contributed by atoms with Crippen molar-refractivity contribution in [1.82, 2.24) is 10.2 Å². The largest absolute Gasteiger partial charge is 0.332 e. The van der Waals surface area contributed by atoms with Gasteiger partial charge in [0.2, 0.25) is 5.91 Å². The first-order valence-electron chi connectivity index (χ1n) is 7.09. The lowest BCUT2D eigenvalue weighted by molar-refractivity contribution is -0.143. The smallest absolute Gasteiger partial charge is 0.240 e. The summed E-state index contributed by atoms with van der Waals surface area (Å²) in [4.78, 5) is 14.6. The van der Waals surface area contributed by atoms with Gasteiger partial charge < -0.3 is 10.2 Å². The molecule has 3 aliphatic rings. The van der Waals surface area contributed by atoms with Crippen LogP contribution in [0.3, 0.4) is 0 Å². The van der Waals surface area contributed by atoms with Gasteiger partial charge in [-0.25, -0.2) is 0 Å². The molecule has 100 valence electrons. The van der Waals surface area contributed by atoms with Crippen molar-refractivity contribution in [2.45, 2.75) is 43.8 Å². The van der Waals surface area contributed by atoms with Crippen molar-refractivity contribution in [3.05, 3.63) is 34.3 Å². The van der Waals surface area contributed by atoms with E-state index in [1.807, 2.05) is 6.07 Å². The molecule has 4 rings (SSSR count). The zero-order valence-corrected chi connectivity index (χ0v) is 11.5. The van der Waals surface area contributed by atoms with Gasteiger partial charge in [0.05, 0.1) is 12.1 Å². The third kappa shape index (κ3) is 1.72. The van der Waals surface area contributed by atoms with Gasteiger partial charge in [-0.1, -0.05) is 17.7 Å². The van der Waals surface area contributed by atoms with E-state index in [1.54, 1.807) is 0 Å². The molecule has 19 heavy (non-hydrogen) atoms. The first kappa shape index (κ1) is 11.7. The third-order valence-electron chi connectivity index (χ3n) is 4.77. The molecule has 2 fully saturated rings. The van der Waals surface area contributed by atoms with Crippen molar-refractivity contribution in [2.24, 2.45) is 0 Å². The van der Waals surface area contributed by atoms with E-state index in [9.17, 15) is 4.79 Å². The molecule has 3 nitrogen and oxygen atoms in total. The van der Waals surface area contributed by atoms with Crippen molar-refractivity contribution in [2.75, 3.05) is 6.54 Å². The lowest BCUT2D eigenvalue weighted by Crippen LogP contribution is -2.64. The van der Waals surface area contributed by atoms with Crippen LogP contribution in [0.2, 0.25) is 5.02 Å². The van der Waals surface area contributed by atoms with Crippen LogP contribution in [0.15, 0.2) is 18.2 Å². The van der Waals surface area contributed by atoms with Gasteiger partial charge in [-0.2, -0.15) is 0 Å². The summed E-state index contributed by atoms with van der Waals surface area (Å²) in [5.41, 5.74) is 2.61. The molecule has 0 spiro atoms. The van der Waals surface area contributed by atoms with E-state index >= 15 is 0 Å². The minimum absolute atomic E-state index is 0.0516. The number of benzene rings is 1. The maximum atomic E-state index is 12.5. The summed E-state index contributed by atoms with van der Waals surface area (Å²) in [6.45, 7) is 0.854. The highest BCUT2D eigenvalue weighted by Crippen LogP contribution is 2.40. The molecule has 0 aromatic heterocycles. The molecule has 1 aromatic rings. The second-order valence-corrected chi connectivity index (χ2v) is 6.26. The van der Waals surface area contributed by atoms with Crippen molar-refractivity contribution >= 4 is 17.5 Å². The average Bonchev–Trinajstić information content (AvgIpc) is 2.44. The molecule has 1 N–H and O–H groups in total. The standard InChI is InChI=1S/C15H17ClN2O/c16-10-5-4-9-6-7-18-14(11(9)8-10)12-2-1-3-13(17-12)15(18)19/h4-5,8,12-14,17H,1-3,6-7H2/t12-,13+,14?/m1/s1. The molecule has 0 saturated carbocycles. The summed E-state index contributed by atoms with van der Waals surface area (Å²) < 4.78 is 0. The second-order valence-electron chi connectivity index (χ2n) is 5.83. The quantitative estimate of drug-likeness (QED) is 0.789. The van der Waals surface area contributed by atoms with Crippen molar-refractivity contribution in [1.29, 1.82) is 0 Å². The Morgan fingerprint density at radius 1 is 1.32 bits per heavy atom. The predicted molar refractivity (Wildman–Crippen MR) is 74.2 cm³/mol. The topological polar surface area (TPSA) is 32.3 Å². The Morgan fingerprint density at radius 2 is 2.21 bits per heavy atom. The van der Waals surface area contributed by atoms with Gasteiger partial charge in [0, 0.05) is 17.6 Å². The SMILES string of the molecule is O=C1[C@@H]2CCC[C@@H](N2)C2c3cc(Cl)ccc3CCN12. The lowest BCUT2D eigenvalue weighted by Gasteiger charge is -2.50. The number of nitrogens with zero attached hydrogens (tertiary/aromatic N) is 1. The fourth-order valence-corrected chi connectivity index (χ4v) is 4.09. The van der Waals surface area contributed by atoms with Gasteiger partial charge in [-0.15, -0.1) is 0 Å². The number of hydrogen-bond acceptors (Lipinski definition) is 2. The summed E-state index contributed by atoms with van der Waals surface area (Å²) in [7, 11) is 0. The number of amides is 1. The summed E-state index contributed by atoms with van der Waals surface area (Å²) in [5, 5.41) is 4.30. The molecule has 3 atom stereocenters. The Labute approximate surface area is 117 Å². The number of carbonyl (C=O) groups excluding carboxylic acids is 1. The van der Waals surface area contributed by atoms with Gasteiger partial charge >= 0.3 is 0 Å². The fourth-order valence-electron chi connectivity index (χ4n) is 3.91. The normalized spacial score (nSPS) is 32.8. The van der Waals surface area contributed by atoms with Gasteiger partial charge in [-0.05, 0) is 48.9 Å². The fraction of sp³-hybridized carbons (Fsp3) is 0.533. The molecule has 0 radical (unpaired) electrons. The van der Waals surface area contributed by atoms with E-state index < -0.39 is 0 Å².